The molecule has 0 spiro atoms. The molecule has 1 fully saturated rings. The fourth-order valence-electron chi connectivity index (χ4n) is 2.91. The predicted molar refractivity (Wildman–Crippen MR) is 77.8 cm³/mol. The number of pyridine rings is 1. The second-order valence-corrected chi connectivity index (χ2v) is 5.44. The highest BCUT2D eigenvalue weighted by molar-refractivity contribution is 5.85. The van der Waals surface area contributed by atoms with Crippen LogP contribution in [0.25, 0.3) is 0 Å². The first kappa shape index (κ1) is 14.9. The van der Waals surface area contributed by atoms with Crippen LogP contribution in [-0.4, -0.2) is 58.6 Å². The third-order valence-electron chi connectivity index (χ3n) is 3.89. The molecule has 0 amide bonds. The van der Waals surface area contributed by atoms with E-state index in [-0.39, 0.29) is 5.69 Å². The smallest absolute Gasteiger partial charge is 0.354 e. The quantitative estimate of drug-likeness (QED) is 0.857. The molecule has 20 heavy (non-hydrogen) atoms. The molecule has 1 unspecified atom stereocenters. The Balaban J connectivity index is 1.92. The molecule has 1 aromatic heterocycles. The van der Waals surface area contributed by atoms with Crippen molar-refractivity contribution in [3.63, 3.8) is 0 Å². The molecule has 0 aliphatic carbocycles. The molecule has 0 radical (unpaired) electrons. The van der Waals surface area contributed by atoms with Gasteiger partial charge >= 0.3 is 5.97 Å². The normalized spacial score (nSPS) is 19.6. The number of hydrogen-bond acceptors (Lipinski definition) is 4. The average Bonchev–Trinajstić information content (AvgIpc) is 2.86. The van der Waals surface area contributed by atoms with E-state index in [1.165, 1.54) is 25.5 Å². The number of likely N-dealkylation sites (N-methyl/N-ethyl adjacent to an activating group) is 2. The molecule has 110 valence electrons. The second-order valence-electron chi connectivity index (χ2n) is 5.44. The van der Waals surface area contributed by atoms with Crippen LogP contribution in [0.2, 0.25) is 0 Å². The molecule has 1 aliphatic rings. The van der Waals surface area contributed by atoms with Crippen molar-refractivity contribution in [1.29, 1.82) is 0 Å². The standard InChI is InChI=1S/C15H23N3O2/c1-3-18-9-5-7-13(18)11-17(2)10-12-6-4-8-14(16-12)15(19)20/h4,6,8,13H,3,5,7,9-11H2,1-2H3,(H,19,20). The summed E-state index contributed by atoms with van der Waals surface area (Å²) in [4.78, 5) is 19.8. The zero-order valence-electron chi connectivity index (χ0n) is 12.2. The number of carboxylic acids is 1. The summed E-state index contributed by atoms with van der Waals surface area (Å²) in [5, 5.41) is 8.96. The van der Waals surface area contributed by atoms with E-state index in [1.54, 1.807) is 6.07 Å². The Labute approximate surface area is 120 Å². The monoisotopic (exact) mass is 277 g/mol. The first-order valence-corrected chi connectivity index (χ1v) is 7.22. The van der Waals surface area contributed by atoms with Crippen LogP contribution in [-0.2, 0) is 6.54 Å². The fraction of sp³-hybridized carbons (Fsp3) is 0.600. The average molecular weight is 277 g/mol. The lowest BCUT2D eigenvalue weighted by molar-refractivity contribution is 0.0690. The largest absolute Gasteiger partial charge is 0.477 e. The number of aromatic carboxylic acids is 1. The van der Waals surface area contributed by atoms with Crippen molar-refractivity contribution in [3.8, 4) is 0 Å². The van der Waals surface area contributed by atoms with Crippen molar-refractivity contribution >= 4 is 5.97 Å². The van der Waals surface area contributed by atoms with Gasteiger partial charge in [-0.25, -0.2) is 9.78 Å². The van der Waals surface area contributed by atoms with E-state index in [2.05, 4.69) is 28.8 Å². The first-order valence-electron chi connectivity index (χ1n) is 7.22. The Morgan fingerprint density at radius 2 is 2.35 bits per heavy atom. The molecule has 1 aliphatic heterocycles. The molecule has 1 N–H and O–H groups in total. The van der Waals surface area contributed by atoms with Crippen molar-refractivity contribution in [3.05, 3.63) is 29.6 Å². The van der Waals surface area contributed by atoms with Gasteiger partial charge in [0.1, 0.15) is 5.69 Å². The van der Waals surface area contributed by atoms with Crippen molar-refractivity contribution in [2.24, 2.45) is 0 Å². The fourth-order valence-corrected chi connectivity index (χ4v) is 2.91. The third kappa shape index (κ3) is 3.77. The van der Waals surface area contributed by atoms with Crippen molar-refractivity contribution < 1.29 is 9.90 Å². The van der Waals surface area contributed by atoms with Crippen LogP contribution in [0.4, 0.5) is 0 Å². The molecule has 5 nitrogen and oxygen atoms in total. The Bertz CT molecular complexity index is 464. The topological polar surface area (TPSA) is 56.7 Å². The molecule has 1 atom stereocenters. The minimum Gasteiger partial charge on any atom is -0.477 e. The lowest BCUT2D eigenvalue weighted by Crippen LogP contribution is -2.38. The van der Waals surface area contributed by atoms with Gasteiger partial charge in [-0.1, -0.05) is 13.0 Å². The molecule has 0 saturated carbocycles. The van der Waals surface area contributed by atoms with Crippen LogP contribution in [0.15, 0.2) is 18.2 Å². The van der Waals surface area contributed by atoms with E-state index < -0.39 is 5.97 Å². The maximum Gasteiger partial charge on any atom is 0.354 e. The van der Waals surface area contributed by atoms with E-state index in [9.17, 15) is 4.79 Å². The van der Waals surface area contributed by atoms with Crippen molar-refractivity contribution in [2.75, 3.05) is 26.7 Å². The Morgan fingerprint density at radius 1 is 1.55 bits per heavy atom. The Hall–Kier alpha value is -1.46. The van der Waals surface area contributed by atoms with E-state index in [0.717, 1.165) is 18.8 Å². The van der Waals surface area contributed by atoms with Crippen molar-refractivity contribution in [2.45, 2.75) is 32.4 Å². The van der Waals surface area contributed by atoms with Gasteiger partial charge < -0.3 is 5.11 Å². The number of aromatic nitrogens is 1. The second kappa shape index (κ2) is 6.81. The molecule has 1 saturated heterocycles. The van der Waals surface area contributed by atoms with Gasteiger partial charge in [0.2, 0.25) is 0 Å². The van der Waals surface area contributed by atoms with Gasteiger partial charge in [0, 0.05) is 19.1 Å². The summed E-state index contributed by atoms with van der Waals surface area (Å²) in [6, 6.07) is 5.79. The zero-order valence-corrected chi connectivity index (χ0v) is 12.2. The number of rotatable bonds is 6. The Kier molecular flexibility index (Phi) is 5.09. The maximum atomic E-state index is 10.9. The number of carboxylic acid groups (broad SMARTS) is 1. The summed E-state index contributed by atoms with van der Waals surface area (Å²) < 4.78 is 0. The van der Waals surface area contributed by atoms with Crippen LogP contribution in [0.3, 0.4) is 0 Å². The summed E-state index contributed by atoms with van der Waals surface area (Å²) in [6.07, 6.45) is 2.53. The molecule has 2 heterocycles. The minimum absolute atomic E-state index is 0.118. The van der Waals surface area contributed by atoms with Crippen LogP contribution >= 0.6 is 0 Å². The number of carbonyl (C=O) groups is 1. The molecular weight excluding hydrogens is 254 g/mol. The Morgan fingerprint density at radius 3 is 3.05 bits per heavy atom. The van der Waals surface area contributed by atoms with Gasteiger partial charge in [-0.2, -0.15) is 0 Å². The van der Waals surface area contributed by atoms with Crippen LogP contribution < -0.4 is 0 Å². The lowest BCUT2D eigenvalue weighted by atomic mass is 10.2. The molecule has 0 aromatic carbocycles. The van der Waals surface area contributed by atoms with Gasteiger partial charge in [0.25, 0.3) is 0 Å². The van der Waals surface area contributed by atoms with E-state index in [1.807, 2.05) is 6.07 Å². The van der Waals surface area contributed by atoms with E-state index in [4.69, 9.17) is 5.11 Å². The van der Waals surface area contributed by atoms with Gasteiger partial charge in [0.05, 0.1) is 5.69 Å². The van der Waals surface area contributed by atoms with Gasteiger partial charge in [-0.15, -0.1) is 0 Å². The SMILES string of the molecule is CCN1CCCC1CN(C)Cc1cccc(C(=O)O)n1. The van der Waals surface area contributed by atoms with Crippen LogP contribution in [0, 0.1) is 0 Å². The highest BCUT2D eigenvalue weighted by atomic mass is 16.4. The van der Waals surface area contributed by atoms with Crippen LogP contribution in [0.1, 0.15) is 35.9 Å². The molecule has 2 rings (SSSR count). The number of nitrogens with zero attached hydrogens (tertiary/aromatic N) is 3. The lowest BCUT2D eigenvalue weighted by Gasteiger charge is -2.27. The van der Waals surface area contributed by atoms with E-state index in [0.29, 0.717) is 12.6 Å². The van der Waals surface area contributed by atoms with Gasteiger partial charge in [0.15, 0.2) is 0 Å². The maximum absolute atomic E-state index is 10.9. The highest BCUT2D eigenvalue weighted by Crippen LogP contribution is 2.17. The van der Waals surface area contributed by atoms with Gasteiger partial charge in [-0.05, 0) is 45.1 Å². The van der Waals surface area contributed by atoms with E-state index >= 15 is 0 Å². The predicted octanol–water partition coefficient (Wildman–Crippen LogP) is 1.70. The molecular formula is C15H23N3O2. The highest BCUT2D eigenvalue weighted by Gasteiger charge is 2.24. The van der Waals surface area contributed by atoms with Gasteiger partial charge in [-0.3, -0.25) is 9.80 Å². The molecule has 0 bridgehead atoms. The third-order valence-corrected chi connectivity index (χ3v) is 3.89. The summed E-state index contributed by atoms with van der Waals surface area (Å²) in [6.45, 7) is 6.20. The number of likely N-dealkylation sites (tertiary alicyclic amines) is 1. The summed E-state index contributed by atoms with van der Waals surface area (Å²) >= 11 is 0. The summed E-state index contributed by atoms with van der Waals surface area (Å²) in [5.41, 5.74) is 0.931. The zero-order chi connectivity index (χ0) is 14.5. The van der Waals surface area contributed by atoms with Crippen molar-refractivity contribution in [1.82, 2.24) is 14.8 Å². The first-order chi connectivity index (χ1) is 9.60. The van der Waals surface area contributed by atoms with Crippen LogP contribution in [0.5, 0.6) is 0 Å². The summed E-state index contributed by atoms with van der Waals surface area (Å²) in [5.74, 6) is -0.970. The minimum atomic E-state index is -0.970. The molecule has 1 aromatic rings. The molecule has 5 heteroatoms. The summed E-state index contributed by atoms with van der Waals surface area (Å²) in [7, 11) is 2.07. The number of hydrogen-bond donors (Lipinski definition) is 1.